The van der Waals surface area contributed by atoms with Crippen molar-refractivity contribution in [1.82, 2.24) is 15.1 Å². The second-order valence-corrected chi connectivity index (χ2v) is 7.80. The normalized spacial score (nSPS) is 12.4. The van der Waals surface area contributed by atoms with Crippen LogP contribution in [-0.2, 0) is 6.54 Å². The maximum atomic E-state index is 13.0. The van der Waals surface area contributed by atoms with Crippen LogP contribution in [0.3, 0.4) is 0 Å². The Morgan fingerprint density at radius 1 is 1.21 bits per heavy atom. The lowest BCUT2D eigenvalue weighted by atomic mass is 10.2. The highest BCUT2D eigenvalue weighted by molar-refractivity contribution is 7.13. The molecule has 1 N–H and O–H groups in total. The van der Waals surface area contributed by atoms with E-state index in [-0.39, 0.29) is 22.8 Å². The van der Waals surface area contributed by atoms with Crippen molar-refractivity contribution in [2.75, 3.05) is 12.4 Å². The van der Waals surface area contributed by atoms with E-state index in [0.717, 1.165) is 21.7 Å². The first-order chi connectivity index (χ1) is 14.0. The number of hydrogen-bond donors (Lipinski definition) is 1. The van der Waals surface area contributed by atoms with E-state index in [2.05, 4.69) is 27.3 Å². The van der Waals surface area contributed by atoms with Gasteiger partial charge in [0.15, 0.2) is 0 Å². The van der Waals surface area contributed by atoms with Crippen molar-refractivity contribution in [3.8, 4) is 0 Å². The number of amides is 1. The summed E-state index contributed by atoms with van der Waals surface area (Å²) in [4.78, 5) is 14.4. The Labute approximate surface area is 171 Å². The number of fused-ring (bicyclic) bond motifs is 1. The Morgan fingerprint density at radius 2 is 1.97 bits per heavy atom. The highest BCUT2D eigenvalue weighted by Gasteiger charge is 2.19. The molecular weight excluding hydrogens is 391 g/mol. The number of furan rings is 1. The van der Waals surface area contributed by atoms with Crippen LogP contribution in [0, 0.1) is 5.82 Å². The molecule has 1 amide bonds. The fraction of sp³-hybridized carbons (Fsp3) is 0.190. The topological polar surface area (TPSA) is 71.3 Å². The van der Waals surface area contributed by atoms with Crippen LogP contribution in [0.25, 0.3) is 11.0 Å². The van der Waals surface area contributed by atoms with E-state index in [4.69, 9.17) is 4.42 Å². The summed E-state index contributed by atoms with van der Waals surface area (Å²) < 4.78 is 18.9. The maximum Gasteiger partial charge on any atom is 0.286 e. The molecule has 0 aliphatic rings. The first kappa shape index (κ1) is 19.2. The number of benzene rings is 2. The van der Waals surface area contributed by atoms with Crippen LogP contribution in [0.2, 0.25) is 0 Å². The summed E-state index contributed by atoms with van der Waals surface area (Å²) in [6.45, 7) is 2.58. The molecule has 0 saturated heterocycles. The third-order valence-electron chi connectivity index (χ3n) is 4.67. The lowest BCUT2D eigenvalue weighted by Gasteiger charge is -2.21. The van der Waals surface area contributed by atoms with Gasteiger partial charge in [-0.05, 0) is 50.4 Å². The SMILES string of the molecule is CC(c1cc2ccccc2o1)N(C)Cc1nnc(C(=O)Nc2ccc(F)cc2)s1. The molecular formula is C21H19FN4O2S. The molecule has 0 aliphatic heterocycles. The molecule has 8 heteroatoms. The minimum atomic E-state index is -0.367. The van der Waals surface area contributed by atoms with E-state index in [0.29, 0.717) is 12.2 Å². The summed E-state index contributed by atoms with van der Waals surface area (Å²) in [6.07, 6.45) is 0. The van der Waals surface area contributed by atoms with Gasteiger partial charge in [0.2, 0.25) is 5.01 Å². The first-order valence-corrected chi connectivity index (χ1v) is 9.89. The second-order valence-electron chi connectivity index (χ2n) is 6.74. The second kappa shape index (κ2) is 8.10. The highest BCUT2D eigenvalue weighted by Crippen LogP contribution is 2.28. The molecule has 0 saturated carbocycles. The summed E-state index contributed by atoms with van der Waals surface area (Å²) >= 11 is 1.23. The Balaban J connectivity index is 1.41. The molecule has 2 heterocycles. The van der Waals surface area contributed by atoms with Crippen molar-refractivity contribution >= 4 is 33.9 Å². The predicted octanol–water partition coefficient (Wildman–Crippen LogP) is 4.87. The molecule has 0 bridgehead atoms. The molecule has 6 nitrogen and oxygen atoms in total. The van der Waals surface area contributed by atoms with Gasteiger partial charge in [0.1, 0.15) is 22.2 Å². The fourth-order valence-corrected chi connectivity index (χ4v) is 3.70. The third-order valence-corrected chi connectivity index (χ3v) is 5.57. The van der Waals surface area contributed by atoms with Gasteiger partial charge in [-0.3, -0.25) is 9.69 Å². The molecule has 0 aliphatic carbocycles. The van der Waals surface area contributed by atoms with Crippen molar-refractivity contribution in [3.63, 3.8) is 0 Å². The number of rotatable bonds is 6. The van der Waals surface area contributed by atoms with E-state index in [1.807, 2.05) is 37.4 Å². The molecule has 148 valence electrons. The Morgan fingerprint density at radius 3 is 2.72 bits per heavy atom. The lowest BCUT2D eigenvalue weighted by molar-refractivity contribution is 0.102. The molecule has 0 radical (unpaired) electrons. The third kappa shape index (κ3) is 4.33. The number of hydrogen-bond acceptors (Lipinski definition) is 6. The van der Waals surface area contributed by atoms with E-state index >= 15 is 0 Å². The molecule has 2 aromatic heterocycles. The van der Waals surface area contributed by atoms with E-state index < -0.39 is 0 Å². The first-order valence-electron chi connectivity index (χ1n) is 9.07. The van der Waals surface area contributed by atoms with Gasteiger partial charge >= 0.3 is 0 Å². The smallest absolute Gasteiger partial charge is 0.286 e. The minimum Gasteiger partial charge on any atom is -0.459 e. The summed E-state index contributed by atoms with van der Waals surface area (Å²) in [5.41, 5.74) is 1.36. The van der Waals surface area contributed by atoms with Crippen molar-refractivity contribution in [2.45, 2.75) is 19.5 Å². The molecule has 29 heavy (non-hydrogen) atoms. The van der Waals surface area contributed by atoms with Crippen LogP contribution < -0.4 is 5.32 Å². The van der Waals surface area contributed by atoms with Crippen LogP contribution in [0.4, 0.5) is 10.1 Å². The zero-order valence-corrected chi connectivity index (χ0v) is 16.7. The Bertz CT molecular complexity index is 1110. The largest absolute Gasteiger partial charge is 0.459 e. The van der Waals surface area contributed by atoms with Gasteiger partial charge in [0.05, 0.1) is 12.6 Å². The van der Waals surface area contributed by atoms with Gasteiger partial charge in [-0.15, -0.1) is 10.2 Å². The van der Waals surface area contributed by atoms with Crippen LogP contribution in [0.15, 0.2) is 59.0 Å². The van der Waals surface area contributed by atoms with Gasteiger partial charge in [0, 0.05) is 11.1 Å². The van der Waals surface area contributed by atoms with E-state index in [9.17, 15) is 9.18 Å². The van der Waals surface area contributed by atoms with Crippen molar-refractivity contribution in [3.05, 3.63) is 76.2 Å². The predicted molar refractivity (Wildman–Crippen MR) is 110 cm³/mol. The standard InChI is InChI=1S/C21H19FN4O2S/c1-13(18-11-14-5-3-4-6-17(14)28-18)26(2)12-19-24-25-21(29-19)20(27)23-16-9-7-15(22)8-10-16/h3-11,13H,12H2,1-2H3,(H,23,27). The monoisotopic (exact) mass is 410 g/mol. The maximum absolute atomic E-state index is 13.0. The molecule has 1 atom stereocenters. The van der Waals surface area contributed by atoms with Gasteiger partial charge in [-0.25, -0.2) is 4.39 Å². The summed E-state index contributed by atoms with van der Waals surface area (Å²) in [7, 11) is 1.97. The average molecular weight is 410 g/mol. The van der Waals surface area contributed by atoms with Gasteiger partial charge in [-0.1, -0.05) is 29.5 Å². The molecule has 2 aromatic carbocycles. The van der Waals surface area contributed by atoms with Crippen LogP contribution in [0.5, 0.6) is 0 Å². The van der Waals surface area contributed by atoms with Crippen LogP contribution in [0.1, 0.15) is 33.5 Å². The van der Waals surface area contributed by atoms with Gasteiger partial charge in [-0.2, -0.15) is 0 Å². The van der Waals surface area contributed by atoms with Crippen molar-refractivity contribution in [2.24, 2.45) is 0 Å². The van der Waals surface area contributed by atoms with Crippen LogP contribution in [-0.4, -0.2) is 28.1 Å². The Hall–Kier alpha value is -3.10. The van der Waals surface area contributed by atoms with Gasteiger partial charge < -0.3 is 9.73 Å². The molecule has 4 rings (SSSR count). The number of carbonyl (C=O) groups excluding carboxylic acids is 1. The summed E-state index contributed by atoms with van der Waals surface area (Å²) in [6, 6.07) is 15.5. The number of anilines is 1. The van der Waals surface area contributed by atoms with Gasteiger partial charge in [0.25, 0.3) is 5.91 Å². The quantitative estimate of drug-likeness (QED) is 0.491. The minimum absolute atomic E-state index is 0.0304. The Kier molecular flexibility index (Phi) is 5.37. The van der Waals surface area contributed by atoms with E-state index in [1.54, 1.807) is 0 Å². The number of aromatic nitrogens is 2. The number of nitrogens with one attached hydrogen (secondary N) is 1. The molecule has 0 spiro atoms. The van der Waals surface area contributed by atoms with Crippen molar-refractivity contribution in [1.29, 1.82) is 0 Å². The number of halogens is 1. The fourth-order valence-electron chi connectivity index (χ4n) is 2.90. The number of nitrogens with zero attached hydrogens (tertiary/aromatic N) is 3. The summed E-state index contributed by atoms with van der Waals surface area (Å²) in [5, 5.41) is 12.8. The zero-order chi connectivity index (χ0) is 20.4. The molecule has 4 aromatic rings. The number of para-hydroxylation sites is 1. The van der Waals surface area contributed by atoms with Crippen LogP contribution >= 0.6 is 11.3 Å². The molecule has 0 fully saturated rings. The average Bonchev–Trinajstić information content (AvgIpc) is 3.36. The van der Waals surface area contributed by atoms with Crippen molar-refractivity contribution < 1.29 is 13.6 Å². The highest BCUT2D eigenvalue weighted by atomic mass is 32.1. The zero-order valence-electron chi connectivity index (χ0n) is 15.9. The number of carbonyl (C=O) groups is 1. The summed E-state index contributed by atoms with van der Waals surface area (Å²) in [5.74, 6) is 0.142. The lowest BCUT2D eigenvalue weighted by Crippen LogP contribution is -2.21. The molecule has 1 unspecified atom stereocenters. The van der Waals surface area contributed by atoms with E-state index in [1.165, 1.54) is 35.6 Å².